The van der Waals surface area contributed by atoms with E-state index in [2.05, 4.69) is 15.0 Å². The lowest BCUT2D eigenvalue weighted by Crippen LogP contribution is -2.47. The molecule has 1 aromatic heterocycles. The number of carbonyl (C=O) groups excluding carboxylic acids is 1. The molecule has 3 N–H and O–H groups in total. The van der Waals surface area contributed by atoms with Crippen LogP contribution in [0, 0.1) is 5.92 Å². The number of rotatable bonds is 4. The van der Waals surface area contributed by atoms with Crippen LogP contribution in [-0.2, 0) is 0 Å². The zero-order chi connectivity index (χ0) is 18.0. The number of azide groups is 1. The second-order valence-corrected chi connectivity index (χ2v) is 7.18. The summed E-state index contributed by atoms with van der Waals surface area (Å²) < 4.78 is 0. The zero-order valence-corrected chi connectivity index (χ0v) is 15.0. The van der Waals surface area contributed by atoms with Crippen LogP contribution in [0.15, 0.2) is 23.3 Å². The van der Waals surface area contributed by atoms with Gasteiger partial charge in [0.05, 0.1) is 5.02 Å². The van der Waals surface area contributed by atoms with Gasteiger partial charge in [0.2, 0.25) is 0 Å². The number of benzene rings is 1. The Bertz CT molecular complexity index is 837. The Labute approximate surface area is 154 Å². The molecule has 1 aliphatic rings. The van der Waals surface area contributed by atoms with Crippen molar-refractivity contribution in [1.29, 1.82) is 0 Å². The average Bonchev–Trinajstić information content (AvgIpc) is 3.03. The number of hydrogen-bond acceptors (Lipinski definition) is 3. The predicted octanol–water partition coefficient (Wildman–Crippen LogP) is 4.66. The Kier molecular flexibility index (Phi) is 5.39. The second kappa shape index (κ2) is 7.54. The molecule has 3 rings (SSSR count). The maximum atomic E-state index is 12.7. The zero-order valence-electron chi connectivity index (χ0n) is 13.5. The van der Waals surface area contributed by atoms with Crippen LogP contribution in [-0.4, -0.2) is 28.5 Å². The van der Waals surface area contributed by atoms with Crippen molar-refractivity contribution >= 4 is 40.0 Å². The van der Waals surface area contributed by atoms with Gasteiger partial charge in [-0.25, -0.2) is 5.84 Å². The van der Waals surface area contributed by atoms with Crippen LogP contribution in [0.3, 0.4) is 0 Å². The number of amides is 1. The maximum Gasteiger partial charge on any atom is 0.284 e. The highest BCUT2D eigenvalue weighted by Gasteiger charge is 2.28. The fourth-order valence-corrected chi connectivity index (χ4v) is 3.89. The number of nitrogens with one attached hydrogen (secondary N) is 1. The van der Waals surface area contributed by atoms with Gasteiger partial charge in [0, 0.05) is 33.4 Å². The molecule has 1 fully saturated rings. The normalized spacial score (nSPS) is 20.3. The van der Waals surface area contributed by atoms with E-state index in [1.165, 1.54) is 5.01 Å². The first kappa shape index (κ1) is 17.9. The van der Waals surface area contributed by atoms with Gasteiger partial charge in [-0.2, -0.15) is 0 Å². The number of nitrogens with zero attached hydrogens (tertiary/aromatic N) is 4. The van der Waals surface area contributed by atoms with Crippen molar-refractivity contribution in [1.82, 2.24) is 9.99 Å². The number of H-pyrrole nitrogens is 1. The average molecular weight is 381 g/mol. The van der Waals surface area contributed by atoms with Crippen molar-refractivity contribution in [3.8, 4) is 0 Å². The summed E-state index contributed by atoms with van der Waals surface area (Å²) >= 11 is 12.2. The summed E-state index contributed by atoms with van der Waals surface area (Å²) in [5.41, 5.74) is 9.48. The van der Waals surface area contributed by atoms with Crippen LogP contribution < -0.4 is 5.84 Å². The van der Waals surface area contributed by atoms with Gasteiger partial charge in [-0.3, -0.25) is 9.80 Å². The van der Waals surface area contributed by atoms with Crippen LogP contribution in [0.2, 0.25) is 10.0 Å². The van der Waals surface area contributed by atoms with Crippen molar-refractivity contribution in [3.63, 3.8) is 0 Å². The highest BCUT2D eigenvalue weighted by molar-refractivity contribution is 6.38. The second-order valence-electron chi connectivity index (χ2n) is 6.33. The predicted molar refractivity (Wildman–Crippen MR) is 98.4 cm³/mol. The number of aromatic nitrogens is 1. The minimum atomic E-state index is -0.276. The first-order chi connectivity index (χ1) is 12.0. The van der Waals surface area contributed by atoms with E-state index in [1.807, 2.05) is 0 Å². The van der Waals surface area contributed by atoms with E-state index in [9.17, 15) is 4.79 Å². The summed E-state index contributed by atoms with van der Waals surface area (Å²) in [5.74, 6) is 6.17. The molecular weight excluding hydrogens is 363 g/mol. The van der Waals surface area contributed by atoms with E-state index in [1.54, 1.807) is 18.2 Å². The van der Waals surface area contributed by atoms with Gasteiger partial charge in [0.1, 0.15) is 5.69 Å². The molecule has 0 radical (unpaired) electrons. The number of hydrazine groups is 1. The van der Waals surface area contributed by atoms with Gasteiger partial charge < -0.3 is 4.98 Å². The summed E-state index contributed by atoms with van der Waals surface area (Å²) in [6.45, 7) is 0.503. The smallest absolute Gasteiger partial charge is 0.284 e. The van der Waals surface area contributed by atoms with E-state index < -0.39 is 0 Å². The Hall–Kier alpha value is -1.92. The summed E-state index contributed by atoms with van der Waals surface area (Å²) in [4.78, 5) is 18.5. The standard InChI is InChI=1S/C16H18Cl2N6O/c17-10-5-13(18)12-7-15(22-14(12)6-10)16(25)24(20)11-3-1-9(2-4-11)8-21-23-19/h5-7,9,11,22H,1-4,8,20H2/t9-,11+. The van der Waals surface area contributed by atoms with E-state index in [4.69, 9.17) is 34.6 Å². The van der Waals surface area contributed by atoms with Crippen molar-refractivity contribution in [3.05, 3.63) is 44.4 Å². The topological polar surface area (TPSA) is 111 Å². The molecule has 0 aliphatic heterocycles. The molecule has 1 aromatic carbocycles. The van der Waals surface area contributed by atoms with Crippen molar-refractivity contribution < 1.29 is 4.79 Å². The highest BCUT2D eigenvalue weighted by atomic mass is 35.5. The first-order valence-electron chi connectivity index (χ1n) is 8.06. The molecule has 2 aromatic rings. The number of carbonyl (C=O) groups is 1. The van der Waals surface area contributed by atoms with E-state index >= 15 is 0 Å². The quantitative estimate of drug-likeness (QED) is 0.200. The van der Waals surface area contributed by atoms with Crippen LogP contribution in [0.25, 0.3) is 21.3 Å². The van der Waals surface area contributed by atoms with Crippen LogP contribution in [0.5, 0.6) is 0 Å². The number of fused-ring (bicyclic) bond motifs is 1. The Balaban J connectivity index is 1.71. The summed E-state index contributed by atoms with van der Waals surface area (Å²) in [5, 5.41) is 6.65. The molecular formula is C16H18Cl2N6O. The lowest BCUT2D eigenvalue weighted by atomic mass is 9.86. The number of nitrogens with two attached hydrogens (primary N) is 1. The fourth-order valence-electron chi connectivity index (χ4n) is 3.34. The molecule has 1 saturated carbocycles. The fraction of sp³-hybridized carbons (Fsp3) is 0.438. The molecule has 0 unspecified atom stereocenters. The number of aromatic amines is 1. The molecule has 0 bridgehead atoms. The van der Waals surface area contributed by atoms with Crippen molar-refractivity contribution in [2.24, 2.45) is 16.9 Å². The third-order valence-corrected chi connectivity index (χ3v) is 5.26. The molecule has 0 saturated heterocycles. The molecule has 1 heterocycles. The van der Waals surface area contributed by atoms with Crippen LogP contribution in [0.4, 0.5) is 0 Å². The molecule has 0 atom stereocenters. The molecule has 7 nitrogen and oxygen atoms in total. The van der Waals surface area contributed by atoms with E-state index in [0.29, 0.717) is 33.7 Å². The summed E-state index contributed by atoms with van der Waals surface area (Å²) in [6.07, 6.45) is 3.36. The molecule has 1 aliphatic carbocycles. The minimum absolute atomic E-state index is 0.0275. The highest BCUT2D eigenvalue weighted by Crippen LogP contribution is 2.30. The third-order valence-electron chi connectivity index (χ3n) is 4.73. The SMILES string of the molecule is [N-]=[N+]=NC[C@H]1CC[C@@H](N(N)C(=O)c2cc3c(Cl)cc(Cl)cc3[nH]2)CC1. The summed E-state index contributed by atoms with van der Waals surface area (Å²) in [6, 6.07) is 5.03. The third kappa shape index (κ3) is 3.85. The lowest BCUT2D eigenvalue weighted by Gasteiger charge is -2.33. The van der Waals surface area contributed by atoms with Crippen LogP contribution >= 0.6 is 23.2 Å². The number of halogens is 2. The molecule has 132 valence electrons. The number of hydrogen-bond donors (Lipinski definition) is 2. The van der Waals surface area contributed by atoms with Gasteiger partial charge in [0.15, 0.2) is 0 Å². The van der Waals surface area contributed by atoms with Crippen molar-refractivity contribution in [2.45, 2.75) is 31.7 Å². The Morgan fingerprint density at radius 2 is 2.04 bits per heavy atom. The van der Waals surface area contributed by atoms with Gasteiger partial charge >= 0.3 is 0 Å². The van der Waals surface area contributed by atoms with Gasteiger partial charge in [-0.1, -0.05) is 28.3 Å². The minimum Gasteiger partial charge on any atom is -0.350 e. The molecule has 25 heavy (non-hydrogen) atoms. The largest absolute Gasteiger partial charge is 0.350 e. The van der Waals surface area contributed by atoms with Gasteiger partial charge in [-0.15, -0.1) is 0 Å². The first-order valence-corrected chi connectivity index (χ1v) is 8.82. The Morgan fingerprint density at radius 1 is 1.32 bits per heavy atom. The Morgan fingerprint density at radius 3 is 2.72 bits per heavy atom. The van der Waals surface area contributed by atoms with E-state index in [-0.39, 0.29) is 11.9 Å². The monoisotopic (exact) mass is 380 g/mol. The van der Waals surface area contributed by atoms with Gasteiger partial charge in [0.25, 0.3) is 5.91 Å². The lowest BCUT2D eigenvalue weighted by molar-refractivity contribution is 0.0606. The summed E-state index contributed by atoms with van der Waals surface area (Å²) in [7, 11) is 0. The van der Waals surface area contributed by atoms with Crippen LogP contribution in [0.1, 0.15) is 36.2 Å². The molecule has 9 heteroatoms. The molecule has 1 amide bonds. The maximum absolute atomic E-state index is 12.7. The molecule has 0 spiro atoms. The van der Waals surface area contributed by atoms with E-state index in [0.717, 1.165) is 31.1 Å². The van der Waals surface area contributed by atoms with Crippen molar-refractivity contribution in [2.75, 3.05) is 6.54 Å². The van der Waals surface area contributed by atoms with Gasteiger partial charge in [-0.05, 0) is 55.3 Å².